The predicted octanol–water partition coefficient (Wildman–Crippen LogP) is 6.67. The fraction of sp³-hybridized carbons (Fsp3) is 0.172. The molecule has 1 saturated heterocycles. The molecule has 1 amide bonds. The van der Waals surface area contributed by atoms with Gasteiger partial charge in [-0.2, -0.15) is 0 Å². The number of hydrogen-bond acceptors (Lipinski definition) is 3. The van der Waals surface area contributed by atoms with E-state index in [1.54, 1.807) is 4.90 Å². The molecular formula is C29H26BrN3O2S. The van der Waals surface area contributed by atoms with Crippen LogP contribution in [0.3, 0.4) is 0 Å². The van der Waals surface area contributed by atoms with Crippen LogP contribution in [0.25, 0.3) is 17.0 Å². The van der Waals surface area contributed by atoms with E-state index < -0.39 is 0 Å². The van der Waals surface area contributed by atoms with Gasteiger partial charge in [0.25, 0.3) is 5.91 Å². The van der Waals surface area contributed by atoms with Gasteiger partial charge in [-0.1, -0.05) is 40.2 Å². The lowest BCUT2D eigenvalue weighted by Gasteiger charge is -2.15. The second-order valence-corrected chi connectivity index (χ2v) is 10.3. The summed E-state index contributed by atoms with van der Waals surface area (Å²) in [6.45, 7) is 7.32. The van der Waals surface area contributed by atoms with Gasteiger partial charge in [-0.3, -0.25) is 9.69 Å². The highest BCUT2D eigenvalue weighted by Crippen LogP contribution is 2.29. The Kier molecular flexibility index (Phi) is 6.69. The molecule has 0 bridgehead atoms. The van der Waals surface area contributed by atoms with Gasteiger partial charge < -0.3 is 14.6 Å². The number of carbonyl (C=O) groups excluding carboxylic acids is 1. The number of fused-ring (bicyclic) bond motifs is 1. The average Bonchev–Trinajstić information content (AvgIpc) is 3.32. The molecule has 0 saturated carbocycles. The Labute approximate surface area is 224 Å². The van der Waals surface area contributed by atoms with E-state index >= 15 is 0 Å². The highest BCUT2D eigenvalue weighted by atomic mass is 79.9. The molecular weight excluding hydrogens is 534 g/mol. The van der Waals surface area contributed by atoms with Crippen molar-refractivity contribution < 1.29 is 9.53 Å². The number of amides is 1. The van der Waals surface area contributed by atoms with Crippen molar-refractivity contribution in [2.45, 2.75) is 27.3 Å². The first kappa shape index (κ1) is 24.3. The van der Waals surface area contributed by atoms with E-state index in [-0.39, 0.29) is 5.91 Å². The molecule has 1 aromatic heterocycles. The molecule has 0 spiro atoms. The first-order valence-corrected chi connectivity index (χ1v) is 12.9. The third kappa shape index (κ3) is 4.68. The van der Waals surface area contributed by atoms with Crippen molar-refractivity contribution in [1.29, 1.82) is 0 Å². The summed E-state index contributed by atoms with van der Waals surface area (Å²) in [5.74, 6) is 0.724. The minimum atomic E-state index is -0.165. The third-order valence-electron chi connectivity index (χ3n) is 6.48. The topological polar surface area (TPSA) is 46.5 Å². The number of rotatable bonds is 6. The molecule has 1 aliphatic rings. The number of nitrogens with one attached hydrogen (secondary N) is 1. The molecule has 1 N–H and O–H groups in total. The fourth-order valence-corrected chi connectivity index (χ4v) is 5.02. The maximum Gasteiger partial charge on any atom is 0.281 e. The zero-order valence-electron chi connectivity index (χ0n) is 20.3. The first-order chi connectivity index (χ1) is 17.3. The van der Waals surface area contributed by atoms with E-state index in [0.717, 1.165) is 43.5 Å². The number of halogens is 1. The maximum absolute atomic E-state index is 13.4. The largest absolute Gasteiger partial charge is 0.491 e. The van der Waals surface area contributed by atoms with E-state index in [0.29, 0.717) is 24.0 Å². The van der Waals surface area contributed by atoms with Crippen LogP contribution < -0.4 is 15.0 Å². The number of carbonyl (C=O) groups is 1. The molecule has 7 heteroatoms. The zero-order valence-corrected chi connectivity index (χ0v) is 22.7. The lowest BCUT2D eigenvalue weighted by Crippen LogP contribution is -2.30. The number of anilines is 1. The van der Waals surface area contributed by atoms with Crippen molar-refractivity contribution in [2.75, 3.05) is 11.5 Å². The molecule has 1 fully saturated rings. The van der Waals surface area contributed by atoms with Crippen molar-refractivity contribution in [2.24, 2.45) is 0 Å². The monoisotopic (exact) mass is 559 g/mol. The van der Waals surface area contributed by atoms with Gasteiger partial charge in [0.15, 0.2) is 5.11 Å². The standard InChI is InChI=1S/C29H26BrN3O2S/c1-18-8-10-23(14-20(18)3)33-28(34)25(31-29(33)36)15-21-17-32(26-11-9-22(30)16-24(21)26)12-13-35-27-7-5-4-6-19(27)2/h4-11,14-17H,12-13H2,1-3H3,(H,31,36)/b25-15-. The summed E-state index contributed by atoms with van der Waals surface area (Å²) >= 11 is 9.12. The van der Waals surface area contributed by atoms with Gasteiger partial charge in [0, 0.05) is 27.1 Å². The van der Waals surface area contributed by atoms with Crippen molar-refractivity contribution in [1.82, 2.24) is 9.88 Å². The maximum atomic E-state index is 13.4. The molecule has 5 rings (SSSR count). The Bertz CT molecular complexity index is 1540. The fourth-order valence-electron chi connectivity index (χ4n) is 4.36. The summed E-state index contributed by atoms with van der Waals surface area (Å²) in [7, 11) is 0. The number of nitrogens with zero attached hydrogens (tertiary/aromatic N) is 2. The van der Waals surface area contributed by atoms with Crippen LogP contribution in [0.1, 0.15) is 22.3 Å². The van der Waals surface area contributed by atoms with Crippen LogP contribution in [-0.4, -0.2) is 22.2 Å². The Balaban J connectivity index is 1.44. The predicted molar refractivity (Wildman–Crippen MR) is 153 cm³/mol. The van der Waals surface area contributed by atoms with Crippen molar-refractivity contribution >= 4 is 61.8 Å². The molecule has 0 aliphatic carbocycles. The molecule has 182 valence electrons. The molecule has 4 aromatic rings. The molecule has 0 atom stereocenters. The van der Waals surface area contributed by atoms with Gasteiger partial charge in [-0.25, -0.2) is 0 Å². The number of benzene rings is 3. The molecule has 5 nitrogen and oxygen atoms in total. The van der Waals surface area contributed by atoms with Crippen LogP contribution in [0.15, 0.2) is 77.0 Å². The summed E-state index contributed by atoms with van der Waals surface area (Å²) in [5, 5.41) is 4.54. The van der Waals surface area contributed by atoms with Crippen LogP contribution in [0.5, 0.6) is 5.75 Å². The lowest BCUT2D eigenvalue weighted by molar-refractivity contribution is -0.113. The minimum Gasteiger partial charge on any atom is -0.491 e. The summed E-state index contributed by atoms with van der Waals surface area (Å²) in [4.78, 5) is 14.9. The lowest BCUT2D eigenvalue weighted by atomic mass is 10.1. The summed E-state index contributed by atoms with van der Waals surface area (Å²) in [5.41, 5.74) is 6.61. The van der Waals surface area contributed by atoms with E-state index in [2.05, 4.69) is 44.1 Å². The molecule has 2 heterocycles. The second kappa shape index (κ2) is 9.91. The van der Waals surface area contributed by atoms with Crippen molar-refractivity contribution in [3.05, 3.63) is 99.3 Å². The van der Waals surface area contributed by atoms with Crippen LogP contribution >= 0.6 is 28.1 Å². The molecule has 36 heavy (non-hydrogen) atoms. The number of para-hydroxylation sites is 1. The SMILES string of the molecule is Cc1ccc(N2C(=O)/C(=C/c3cn(CCOc4ccccc4C)c4ccc(Br)cc34)NC2=S)cc1C. The van der Waals surface area contributed by atoms with Gasteiger partial charge in [0.1, 0.15) is 18.1 Å². The third-order valence-corrected chi connectivity index (χ3v) is 7.26. The zero-order chi connectivity index (χ0) is 25.4. The molecule has 0 radical (unpaired) electrons. The van der Waals surface area contributed by atoms with Gasteiger partial charge in [0.05, 0.1) is 12.2 Å². The van der Waals surface area contributed by atoms with E-state index in [1.165, 1.54) is 5.56 Å². The van der Waals surface area contributed by atoms with E-state index in [4.69, 9.17) is 17.0 Å². The number of aromatic nitrogens is 1. The molecule has 3 aromatic carbocycles. The smallest absolute Gasteiger partial charge is 0.281 e. The van der Waals surface area contributed by atoms with E-state index in [1.807, 2.05) is 75.4 Å². The minimum absolute atomic E-state index is 0.165. The Morgan fingerprint density at radius 1 is 1.00 bits per heavy atom. The number of thiocarbonyl (C=S) groups is 1. The van der Waals surface area contributed by atoms with Crippen LogP contribution in [0.2, 0.25) is 0 Å². The summed E-state index contributed by atoms with van der Waals surface area (Å²) < 4.78 is 9.16. The average molecular weight is 561 g/mol. The van der Waals surface area contributed by atoms with E-state index in [9.17, 15) is 4.79 Å². The Morgan fingerprint density at radius 2 is 1.81 bits per heavy atom. The summed E-state index contributed by atoms with van der Waals surface area (Å²) in [6, 6.07) is 20.1. The Hall–Kier alpha value is -3.42. The molecule has 1 aliphatic heterocycles. The van der Waals surface area contributed by atoms with Gasteiger partial charge >= 0.3 is 0 Å². The number of aryl methyl sites for hydroxylation is 3. The van der Waals surface area contributed by atoms with Crippen molar-refractivity contribution in [3.8, 4) is 5.75 Å². The van der Waals surface area contributed by atoms with Gasteiger partial charge in [-0.15, -0.1) is 0 Å². The van der Waals surface area contributed by atoms with Gasteiger partial charge in [-0.05, 0) is 92.2 Å². The quantitative estimate of drug-likeness (QED) is 0.211. The van der Waals surface area contributed by atoms with Crippen LogP contribution in [-0.2, 0) is 11.3 Å². The normalized spacial score (nSPS) is 14.7. The van der Waals surface area contributed by atoms with Crippen LogP contribution in [0.4, 0.5) is 5.69 Å². The highest BCUT2D eigenvalue weighted by molar-refractivity contribution is 9.10. The number of ether oxygens (including phenoxy) is 1. The van der Waals surface area contributed by atoms with Crippen LogP contribution in [0, 0.1) is 20.8 Å². The first-order valence-electron chi connectivity index (χ1n) is 11.7. The van der Waals surface area contributed by atoms with Gasteiger partial charge in [0.2, 0.25) is 0 Å². The number of hydrogen-bond donors (Lipinski definition) is 1. The molecule has 0 unspecified atom stereocenters. The highest BCUT2D eigenvalue weighted by Gasteiger charge is 2.32. The summed E-state index contributed by atoms with van der Waals surface area (Å²) in [6.07, 6.45) is 3.94. The Morgan fingerprint density at radius 3 is 2.58 bits per heavy atom. The van der Waals surface area contributed by atoms with Crippen molar-refractivity contribution in [3.63, 3.8) is 0 Å². The second-order valence-electron chi connectivity index (χ2n) is 8.95.